The smallest absolute Gasteiger partial charge is 0.262 e. The molecule has 62 heavy (non-hydrogen) atoms. The fourth-order valence-electron chi connectivity index (χ4n) is 11.1. The topological polar surface area (TPSA) is 194 Å². The molecule has 2 N–H and O–H groups in total. The minimum atomic E-state index is -0.978. The van der Waals surface area contributed by atoms with E-state index >= 15 is 0 Å². The first-order chi connectivity index (χ1) is 29.9. The molecule has 3 unspecified atom stereocenters. The maximum atomic E-state index is 13.8. The van der Waals surface area contributed by atoms with E-state index in [1.165, 1.54) is 0 Å². The van der Waals surface area contributed by atoms with Gasteiger partial charge in [0.05, 0.1) is 39.2 Å². The highest BCUT2D eigenvalue weighted by Crippen LogP contribution is 2.61. The number of hydrogen-bond acceptors (Lipinski definition) is 13. The average molecular weight is 837 g/mol. The van der Waals surface area contributed by atoms with Gasteiger partial charge in [0.15, 0.2) is 0 Å². The molecule has 1 saturated carbocycles. The van der Waals surface area contributed by atoms with Crippen molar-refractivity contribution in [3.05, 3.63) is 82.8 Å². The van der Waals surface area contributed by atoms with Gasteiger partial charge < -0.3 is 19.9 Å². The van der Waals surface area contributed by atoms with Crippen LogP contribution in [0.4, 0.5) is 11.6 Å². The van der Waals surface area contributed by atoms with Crippen molar-refractivity contribution in [3.8, 4) is 11.8 Å². The molecule has 2 aromatic heterocycles. The Labute approximate surface area is 358 Å². The molecule has 7 heterocycles. The van der Waals surface area contributed by atoms with E-state index in [-0.39, 0.29) is 41.9 Å². The molecule has 6 aliphatic rings. The van der Waals surface area contributed by atoms with Crippen molar-refractivity contribution in [2.24, 2.45) is 11.3 Å². The number of fused-ring (bicyclic) bond motifs is 3. The molecule has 0 bridgehead atoms. The lowest BCUT2D eigenvalue weighted by Crippen LogP contribution is -2.78. The van der Waals surface area contributed by atoms with Crippen LogP contribution in [0.25, 0.3) is 10.9 Å². The number of amides is 5. The summed E-state index contributed by atoms with van der Waals surface area (Å²) in [4.78, 5) is 86.0. The summed E-state index contributed by atoms with van der Waals surface area (Å²) in [6.07, 6.45) is 8.15. The van der Waals surface area contributed by atoms with Crippen LogP contribution in [-0.4, -0.2) is 118 Å². The number of carbonyl (C=O) groups is 5. The Kier molecular flexibility index (Phi) is 9.51. The van der Waals surface area contributed by atoms with Crippen LogP contribution >= 0.6 is 0 Å². The van der Waals surface area contributed by atoms with Crippen molar-refractivity contribution in [3.63, 3.8) is 0 Å². The number of piperidine rings is 2. The van der Waals surface area contributed by atoms with Crippen molar-refractivity contribution in [1.82, 2.24) is 35.4 Å². The third-order valence-corrected chi connectivity index (χ3v) is 14.5. The highest BCUT2D eigenvalue weighted by atomic mass is 16.5. The summed E-state index contributed by atoms with van der Waals surface area (Å²) in [6, 6.07) is 11.9. The lowest BCUT2D eigenvalue weighted by Gasteiger charge is -2.66. The molecule has 10 rings (SSSR count). The minimum Gasteiger partial charge on any atom is -0.488 e. The molecule has 4 aromatic rings. The SMILES string of the molecule is CC1(C)C(NC(=O)c2cnc(N3CCC(CCN4CCN(c5ccc6c(c5)C(=O)N(C5CCC(=O)NC5=O)C6=O)CC4)CC3)nc2)C2(C)c3ccnc4c(C#N)ccc(c34)O[C@@H]12. The number of anilines is 2. The second-order valence-corrected chi connectivity index (χ2v) is 18.3. The van der Waals surface area contributed by atoms with Gasteiger partial charge in [0.1, 0.15) is 24.0 Å². The summed E-state index contributed by atoms with van der Waals surface area (Å²) in [7, 11) is 0. The molecule has 3 saturated heterocycles. The van der Waals surface area contributed by atoms with Crippen molar-refractivity contribution < 1.29 is 28.7 Å². The summed E-state index contributed by atoms with van der Waals surface area (Å²) in [5, 5.41) is 16.1. The predicted molar refractivity (Wildman–Crippen MR) is 227 cm³/mol. The molecule has 318 valence electrons. The van der Waals surface area contributed by atoms with Gasteiger partial charge in [-0.3, -0.25) is 44.1 Å². The third kappa shape index (κ3) is 6.27. The standard InChI is InChI=1S/C46H48N10O6/c1-45(2)42(46(3)32-10-14-48-37-27(23-47)4-8-34(36(32)37)62-43(45)46)52-38(58)28-24-49-44(50-25-28)55-16-12-26(13-17-55)11-15-53-18-20-54(21-19-53)29-5-6-30-31(22-29)41(61)56(40(30)60)33-7-9-35(57)51-39(33)59/h4-6,8,10,14,22,24-26,33,42-43H,7,9,11-13,15-21H2,1-3H3,(H,52,58)(H,51,57,59)/t33?,42?,43-,46?/m0/s1. The van der Waals surface area contributed by atoms with Crippen LogP contribution in [0.5, 0.6) is 5.75 Å². The van der Waals surface area contributed by atoms with Gasteiger partial charge in [-0.05, 0) is 87.0 Å². The van der Waals surface area contributed by atoms with Crippen LogP contribution in [0.1, 0.15) is 95.1 Å². The molecule has 16 heteroatoms. The van der Waals surface area contributed by atoms with Gasteiger partial charge >= 0.3 is 0 Å². The fourth-order valence-corrected chi connectivity index (χ4v) is 11.1. The van der Waals surface area contributed by atoms with Crippen molar-refractivity contribution >= 4 is 52.1 Å². The van der Waals surface area contributed by atoms with Crippen molar-refractivity contribution in [1.29, 1.82) is 5.26 Å². The third-order valence-electron chi connectivity index (χ3n) is 14.5. The van der Waals surface area contributed by atoms with Gasteiger partial charge in [-0.1, -0.05) is 13.8 Å². The molecular formula is C46H48N10O6. The van der Waals surface area contributed by atoms with E-state index in [4.69, 9.17) is 4.74 Å². The number of aromatic nitrogens is 3. The molecule has 5 aliphatic heterocycles. The number of hydrogen-bond donors (Lipinski definition) is 2. The number of rotatable bonds is 8. The maximum absolute atomic E-state index is 13.8. The Morgan fingerprint density at radius 2 is 1.65 bits per heavy atom. The summed E-state index contributed by atoms with van der Waals surface area (Å²) >= 11 is 0. The number of nitrogens with zero attached hydrogens (tertiary/aromatic N) is 8. The van der Waals surface area contributed by atoms with E-state index in [0.29, 0.717) is 39.8 Å². The van der Waals surface area contributed by atoms with Crippen molar-refractivity contribution in [2.75, 3.05) is 55.6 Å². The van der Waals surface area contributed by atoms with E-state index < -0.39 is 35.1 Å². The molecule has 1 aliphatic carbocycles. The molecule has 5 amide bonds. The summed E-state index contributed by atoms with van der Waals surface area (Å²) < 4.78 is 6.56. The quantitative estimate of drug-likeness (QED) is 0.245. The molecule has 2 aromatic carbocycles. The average Bonchev–Trinajstić information content (AvgIpc) is 3.53. The van der Waals surface area contributed by atoms with Crippen LogP contribution in [0.2, 0.25) is 0 Å². The second kappa shape index (κ2) is 14.9. The van der Waals surface area contributed by atoms with Crippen molar-refractivity contribution in [2.45, 2.75) is 76.5 Å². The van der Waals surface area contributed by atoms with Crippen LogP contribution in [-0.2, 0) is 15.0 Å². The highest BCUT2D eigenvalue weighted by Gasteiger charge is 2.69. The van der Waals surface area contributed by atoms with E-state index in [2.05, 4.69) is 67.1 Å². The van der Waals surface area contributed by atoms with Gasteiger partial charge in [-0.15, -0.1) is 0 Å². The Hall–Kier alpha value is -6.47. The van der Waals surface area contributed by atoms with E-state index in [1.807, 2.05) is 18.2 Å². The van der Waals surface area contributed by atoms with Gasteiger partial charge in [0.25, 0.3) is 17.7 Å². The Balaban J connectivity index is 0.699. The normalized spacial score (nSPS) is 25.7. The van der Waals surface area contributed by atoms with Gasteiger partial charge in [0, 0.05) is 80.8 Å². The number of ether oxygens (including phenoxy) is 1. The minimum absolute atomic E-state index is 0.0876. The first-order valence-corrected chi connectivity index (χ1v) is 21.6. The monoisotopic (exact) mass is 836 g/mol. The number of nitrogens with one attached hydrogen (secondary N) is 2. The molecular weight excluding hydrogens is 789 g/mol. The molecule has 0 spiro atoms. The number of nitriles is 1. The lowest BCUT2D eigenvalue weighted by molar-refractivity contribution is -0.136. The number of imide groups is 2. The van der Waals surface area contributed by atoms with Gasteiger partial charge in [-0.2, -0.15) is 5.26 Å². The predicted octanol–water partition coefficient (Wildman–Crippen LogP) is 3.58. The first-order valence-electron chi connectivity index (χ1n) is 21.6. The van der Waals surface area contributed by atoms with E-state index in [0.717, 1.165) is 86.6 Å². The van der Waals surface area contributed by atoms with E-state index in [1.54, 1.807) is 36.8 Å². The van der Waals surface area contributed by atoms with Gasteiger partial charge in [-0.25, -0.2) is 9.97 Å². The largest absolute Gasteiger partial charge is 0.488 e. The van der Waals surface area contributed by atoms with E-state index in [9.17, 15) is 29.2 Å². The highest BCUT2D eigenvalue weighted by molar-refractivity contribution is 6.23. The number of pyridine rings is 1. The van der Waals surface area contributed by atoms with Crippen LogP contribution < -0.4 is 25.2 Å². The number of piperazine rings is 1. The zero-order chi connectivity index (χ0) is 43.1. The zero-order valence-corrected chi connectivity index (χ0v) is 35.0. The first kappa shape index (κ1) is 39.7. The summed E-state index contributed by atoms with van der Waals surface area (Å²) in [5.74, 6) is -0.313. The summed E-state index contributed by atoms with van der Waals surface area (Å²) in [5.41, 5.74) is 3.06. The maximum Gasteiger partial charge on any atom is 0.262 e. The fraction of sp³-hybridized carbons (Fsp3) is 0.457. The van der Waals surface area contributed by atoms with Crippen LogP contribution in [0.3, 0.4) is 0 Å². The van der Waals surface area contributed by atoms with Crippen LogP contribution in [0.15, 0.2) is 55.0 Å². The Morgan fingerprint density at radius 1 is 0.903 bits per heavy atom. The summed E-state index contributed by atoms with van der Waals surface area (Å²) in [6.45, 7) is 12.4. The zero-order valence-electron chi connectivity index (χ0n) is 35.0. The van der Waals surface area contributed by atoms with Gasteiger partial charge in [0.2, 0.25) is 17.8 Å². The molecule has 4 atom stereocenters. The second-order valence-electron chi connectivity index (χ2n) is 18.3. The van der Waals surface area contributed by atoms with Crippen LogP contribution in [0, 0.1) is 22.7 Å². The molecule has 4 fully saturated rings. The number of benzene rings is 2. The molecule has 0 radical (unpaired) electrons. The lowest BCUT2D eigenvalue weighted by atomic mass is 9.45. The number of carbonyl (C=O) groups excluding carboxylic acids is 5. The molecule has 16 nitrogen and oxygen atoms in total. The Morgan fingerprint density at radius 3 is 2.37 bits per heavy atom. The Bertz CT molecular complexity index is 2590.